The number of carbonyl (C=O) groups excluding carboxylic acids is 1. The van der Waals surface area contributed by atoms with Gasteiger partial charge in [-0.15, -0.1) is 0 Å². The molecule has 7 heteroatoms. The van der Waals surface area contributed by atoms with E-state index in [-0.39, 0.29) is 4.45 Å². The van der Waals surface area contributed by atoms with Gasteiger partial charge in [-0.3, -0.25) is 4.79 Å². The molecule has 0 bridgehead atoms. The van der Waals surface area contributed by atoms with Crippen LogP contribution in [0.15, 0.2) is 0 Å². The maximum absolute atomic E-state index is 10.7. The van der Waals surface area contributed by atoms with E-state index in [2.05, 4.69) is 4.74 Å². The maximum atomic E-state index is 10.7. The van der Waals surface area contributed by atoms with Crippen LogP contribution in [0.2, 0.25) is 0 Å². The molecule has 0 aromatic heterocycles. The van der Waals surface area contributed by atoms with Crippen LogP contribution in [0.25, 0.3) is 0 Å². The summed E-state index contributed by atoms with van der Waals surface area (Å²) in [6, 6.07) is 0. The summed E-state index contributed by atoms with van der Waals surface area (Å²) >= 11 is 12.2. The molecule has 0 aliphatic carbocycles. The lowest BCUT2D eigenvalue weighted by molar-refractivity contribution is 0.203. The Morgan fingerprint density at radius 3 is 2.45 bits per heavy atom. The largest absolute Gasteiger partial charge is 0.341 e. The van der Waals surface area contributed by atoms with Gasteiger partial charge >= 0.3 is 0 Å². The van der Waals surface area contributed by atoms with Crippen LogP contribution in [0.4, 0.5) is 4.79 Å². The van der Waals surface area contributed by atoms with Gasteiger partial charge in [0.1, 0.15) is 0 Å². The first-order valence-corrected chi connectivity index (χ1v) is 6.51. The van der Waals surface area contributed by atoms with Crippen molar-refractivity contribution < 1.29 is 9.53 Å². The Morgan fingerprint density at radius 2 is 2.09 bits per heavy atom. The molecule has 0 spiro atoms. The molecule has 0 unspecified atom stereocenters. The van der Waals surface area contributed by atoms with E-state index in [0.717, 1.165) is 33.3 Å². The monoisotopic (exact) mass is 252 g/mol. The van der Waals surface area contributed by atoms with E-state index in [0.29, 0.717) is 0 Å². The normalized spacial score (nSPS) is 11.6. The molecule has 0 saturated heterocycles. The highest BCUT2D eigenvalue weighted by Crippen LogP contribution is 2.44. The van der Waals surface area contributed by atoms with Gasteiger partial charge in [-0.25, -0.2) is 0 Å². The van der Waals surface area contributed by atoms with Crippen molar-refractivity contribution in [3.05, 3.63) is 0 Å². The Balaban J connectivity index is 3.61. The first-order chi connectivity index (χ1) is 5.02. The van der Waals surface area contributed by atoms with Gasteiger partial charge in [0.2, 0.25) is 0 Å². The van der Waals surface area contributed by atoms with Crippen molar-refractivity contribution in [1.82, 2.24) is 0 Å². The molecule has 0 heterocycles. The summed E-state index contributed by atoms with van der Waals surface area (Å²) in [5, 5.41) is 0. The summed E-state index contributed by atoms with van der Waals surface area (Å²) in [5.41, 5.74) is 0. The van der Waals surface area contributed by atoms with E-state index in [9.17, 15) is 4.79 Å². The van der Waals surface area contributed by atoms with Crippen molar-refractivity contribution in [3.63, 3.8) is 0 Å². The van der Waals surface area contributed by atoms with E-state index in [1.807, 2.05) is 0 Å². The fraction of sp³-hybridized carbons (Fsp3) is 0.750. The van der Waals surface area contributed by atoms with E-state index in [1.165, 1.54) is 7.11 Å². The Morgan fingerprint density at radius 1 is 1.55 bits per heavy atom. The molecular formula is C4H6Cl2O2S3. The average molecular weight is 253 g/mol. The first-order valence-electron chi connectivity index (χ1n) is 2.38. The molecule has 0 rings (SSSR count). The van der Waals surface area contributed by atoms with Crippen LogP contribution < -0.4 is 0 Å². The van der Waals surface area contributed by atoms with Crippen molar-refractivity contribution in [2.75, 3.05) is 13.4 Å². The van der Waals surface area contributed by atoms with Gasteiger partial charge in [0.15, 0.2) is 0 Å². The van der Waals surface area contributed by atoms with Crippen molar-refractivity contribution in [2.45, 2.75) is 3.85 Å². The number of hydrogen-bond donors (Lipinski definition) is 0. The summed E-state index contributed by atoms with van der Waals surface area (Å²) in [6.07, 6.45) is 1.69. The standard InChI is InChI=1S/C4H6Cl2O2S3/c1-8-4(5,6)11-10-3(7)9-2/h1-2H3. The quantitative estimate of drug-likeness (QED) is 0.435. The lowest BCUT2D eigenvalue weighted by Crippen LogP contribution is -2.07. The number of rotatable bonds is 3. The minimum Gasteiger partial charge on any atom is -0.341 e. The van der Waals surface area contributed by atoms with Crippen LogP contribution in [-0.2, 0) is 4.74 Å². The molecule has 0 aromatic carbocycles. The molecule has 11 heavy (non-hydrogen) atoms. The Labute approximate surface area is 87.5 Å². The summed E-state index contributed by atoms with van der Waals surface area (Å²) in [4.78, 5) is 10.7. The second kappa shape index (κ2) is 5.83. The number of methoxy groups -OCH3 is 1. The first kappa shape index (κ1) is 12.3. The van der Waals surface area contributed by atoms with Crippen LogP contribution in [-0.4, -0.2) is 21.7 Å². The predicted molar refractivity (Wildman–Crippen MR) is 55.5 cm³/mol. The molecule has 0 saturated carbocycles. The van der Waals surface area contributed by atoms with Crippen molar-refractivity contribution >= 4 is 61.0 Å². The minimum absolute atomic E-state index is 0.0577. The van der Waals surface area contributed by atoms with Crippen LogP contribution in [0.5, 0.6) is 0 Å². The summed E-state index contributed by atoms with van der Waals surface area (Å²) in [7, 11) is 3.30. The third-order valence-electron chi connectivity index (χ3n) is 0.611. The molecule has 66 valence electrons. The lowest BCUT2D eigenvalue weighted by Gasteiger charge is -2.13. The van der Waals surface area contributed by atoms with Crippen LogP contribution in [0, 0.1) is 0 Å². The summed E-state index contributed by atoms with van der Waals surface area (Å²) < 4.78 is 3.25. The van der Waals surface area contributed by atoms with Crippen molar-refractivity contribution in [3.8, 4) is 0 Å². The fourth-order valence-corrected chi connectivity index (χ4v) is 2.84. The highest BCUT2D eigenvalue weighted by molar-refractivity contribution is 8.86. The second-order valence-electron chi connectivity index (χ2n) is 1.29. The number of halogens is 2. The van der Waals surface area contributed by atoms with Crippen LogP contribution >= 0.6 is 56.6 Å². The Bertz CT molecular complexity index is 141. The molecule has 0 aliphatic rings. The SMILES string of the molecule is COC(Cl)(Cl)SSC(=O)SC. The van der Waals surface area contributed by atoms with Gasteiger partial charge in [0, 0.05) is 7.11 Å². The highest BCUT2D eigenvalue weighted by atomic mass is 35.5. The molecule has 0 N–H and O–H groups in total. The zero-order chi connectivity index (χ0) is 8.91. The molecule has 0 aromatic rings. The zero-order valence-corrected chi connectivity index (χ0v) is 9.76. The topological polar surface area (TPSA) is 26.3 Å². The van der Waals surface area contributed by atoms with E-state index in [1.54, 1.807) is 6.26 Å². The third kappa shape index (κ3) is 6.42. The number of ether oxygens (including phenoxy) is 1. The molecule has 0 radical (unpaired) electrons. The number of hydrogen-bond acceptors (Lipinski definition) is 5. The van der Waals surface area contributed by atoms with Crippen LogP contribution in [0.1, 0.15) is 0 Å². The minimum atomic E-state index is -1.34. The smallest absolute Gasteiger partial charge is 0.277 e. The van der Waals surface area contributed by atoms with Gasteiger partial charge < -0.3 is 4.74 Å². The van der Waals surface area contributed by atoms with Gasteiger partial charge in [-0.2, -0.15) is 0 Å². The zero-order valence-electron chi connectivity index (χ0n) is 5.80. The summed E-state index contributed by atoms with van der Waals surface area (Å²) in [6.45, 7) is 0. The molecule has 0 aliphatic heterocycles. The third-order valence-corrected chi connectivity index (χ3v) is 5.32. The molecule has 0 fully saturated rings. The summed E-state index contributed by atoms with van der Waals surface area (Å²) in [5.74, 6) is 0. The van der Waals surface area contributed by atoms with Gasteiger partial charge in [-0.05, 0) is 27.8 Å². The van der Waals surface area contributed by atoms with Gasteiger partial charge in [0.05, 0.1) is 0 Å². The average Bonchev–Trinajstić information content (AvgIpc) is 2.00. The fourth-order valence-electron chi connectivity index (χ4n) is 0.151. The van der Waals surface area contributed by atoms with Gasteiger partial charge in [-0.1, -0.05) is 35.0 Å². The van der Waals surface area contributed by atoms with E-state index < -0.39 is 3.85 Å². The predicted octanol–water partition coefficient (Wildman–Crippen LogP) is 3.59. The molecule has 0 amide bonds. The van der Waals surface area contributed by atoms with Gasteiger partial charge in [0.25, 0.3) is 8.30 Å². The maximum Gasteiger partial charge on any atom is 0.277 e. The number of alkyl halides is 2. The number of carbonyl (C=O) groups is 1. The molecule has 0 atom stereocenters. The Hall–Kier alpha value is 1.26. The van der Waals surface area contributed by atoms with E-state index >= 15 is 0 Å². The highest BCUT2D eigenvalue weighted by Gasteiger charge is 2.25. The Kier molecular flexibility index (Phi) is 6.50. The molecule has 2 nitrogen and oxygen atoms in total. The molecular weight excluding hydrogens is 247 g/mol. The number of thioether (sulfide) groups is 1. The van der Waals surface area contributed by atoms with E-state index in [4.69, 9.17) is 23.2 Å². The van der Waals surface area contributed by atoms with Crippen LogP contribution in [0.3, 0.4) is 0 Å². The lowest BCUT2D eigenvalue weighted by atomic mass is 11.5. The second-order valence-corrected chi connectivity index (χ2v) is 6.31. The van der Waals surface area contributed by atoms with Crippen molar-refractivity contribution in [2.24, 2.45) is 0 Å². The van der Waals surface area contributed by atoms with Crippen molar-refractivity contribution in [1.29, 1.82) is 0 Å².